The number of rotatable bonds is 10. The SMILES string of the molecule is CCCCN(C(C)=O)c1c(CC)nc2ccc(C(=O)NCCCN(C)C)cn12. The molecule has 0 atom stereocenters. The van der Waals surface area contributed by atoms with Crippen molar-refractivity contribution in [1.29, 1.82) is 0 Å². The summed E-state index contributed by atoms with van der Waals surface area (Å²) in [5.74, 6) is 0.658. The Hall–Kier alpha value is -2.41. The van der Waals surface area contributed by atoms with Crippen molar-refractivity contribution in [2.45, 2.75) is 46.5 Å². The highest BCUT2D eigenvalue weighted by molar-refractivity contribution is 5.95. The molecule has 2 aromatic heterocycles. The van der Waals surface area contributed by atoms with Crippen LogP contribution in [0.1, 0.15) is 56.1 Å². The van der Waals surface area contributed by atoms with E-state index in [-0.39, 0.29) is 11.8 Å². The molecule has 0 spiro atoms. The predicted octanol–water partition coefficient (Wildman–Crippen LogP) is 2.73. The summed E-state index contributed by atoms with van der Waals surface area (Å²) in [6.45, 7) is 7.91. The molecule has 0 aliphatic carbocycles. The fourth-order valence-electron chi connectivity index (χ4n) is 3.17. The first-order valence-electron chi connectivity index (χ1n) is 10.1. The van der Waals surface area contributed by atoms with Gasteiger partial charge >= 0.3 is 0 Å². The third-order valence-electron chi connectivity index (χ3n) is 4.70. The van der Waals surface area contributed by atoms with E-state index >= 15 is 0 Å². The molecule has 2 aromatic rings. The number of anilines is 1. The fourth-order valence-corrected chi connectivity index (χ4v) is 3.17. The van der Waals surface area contributed by atoms with Gasteiger partial charge in [-0.25, -0.2) is 4.98 Å². The molecule has 0 fully saturated rings. The van der Waals surface area contributed by atoms with Gasteiger partial charge in [0, 0.05) is 26.2 Å². The molecule has 154 valence electrons. The molecule has 0 radical (unpaired) electrons. The maximum atomic E-state index is 12.6. The Morgan fingerprint density at radius 3 is 2.50 bits per heavy atom. The second kappa shape index (κ2) is 10.2. The van der Waals surface area contributed by atoms with E-state index in [9.17, 15) is 9.59 Å². The number of amides is 2. The van der Waals surface area contributed by atoms with Crippen LogP contribution in [0, 0.1) is 0 Å². The average molecular weight is 388 g/mol. The number of aromatic nitrogens is 2. The van der Waals surface area contributed by atoms with E-state index < -0.39 is 0 Å². The molecule has 0 aliphatic rings. The number of unbranched alkanes of at least 4 members (excludes halogenated alkanes) is 1. The summed E-state index contributed by atoms with van der Waals surface area (Å²) in [5, 5.41) is 2.97. The summed E-state index contributed by atoms with van der Waals surface area (Å²) in [7, 11) is 4.03. The fraction of sp³-hybridized carbons (Fsp3) is 0.571. The van der Waals surface area contributed by atoms with Gasteiger partial charge in [0.15, 0.2) is 0 Å². The van der Waals surface area contributed by atoms with Crippen LogP contribution >= 0.6 is 0 Å². The number of hydrogen-bond acceptors (Lipinski definition) is 4. The third-order valence-corrected chi connectivity index (χ3v) is 4.70. The van der Waals surface area contributed by atoms with Crippen LogP contribution in [0.5, 0.6) is 0 Å². The van der Waals surface area contributed by atoms with Crippen molar-refractivity contribution < 1.29 is 9.59 Å². The van der Waals surface area contributed by atoms with Gasteiger partial charge in [0.25, 0.3) is 5.91 Å². The molecule has 0 bridgehead atoms. The monoisotopic (exact) mass is 387 g/mol. The zero-order valence-electron chi connectivity index (χ0n) is 17.8. The molecule has 7 nitrogen and oxygen atoms in total. The zero-order chi connectivity index (χ0) is 20.7. The lowest BCUT2D eigenvalue weighted by atomic mass is 10.2. The van der Waals surface area contributed by atoms with Crippen LogP contribution in [-0.2, 0) is 11.2 Å². The Labute approximate surface area is 167 Å². The molecule has 2 amide bonds. The first-order chi connectivity index (χ1) is 13.4. The summed E-state index contributed by atoms with van der Waals surface area (Å²) in [6, 6.07) is 3.63. The number of nitrogens with one attached hydrogen (secondary N) is 1. The number of imidazole rings is 1. The van der Waals surface area contributed by atoms with E-state index in [4.69, 9.17) is 0 Å². The first kappa shape index (κ1) is 21.9. The number of aryl methyl sites for hydroxylation is 1. The van der Waals surface area contributed by atoms with Gasteiger partial charge in [0.1, 0.15) is 11.5 Å². The highest BCUT2D eigenvalue weighted by Gasteiger charge is 2.21. The summed E-state index contributed by atoms with van der Waals surface area (Å²) in [6.07, 6.45) is 5.33. The Balaban J connectivity index is 2.32. The standard InChI is InChI=1S/C21H33N5O2/c1-6-8-14-25(16(3)27)21-18(7-2)23-19-11-10-17(15-26(19)21)20(28)22-12-9-13-24(4)5/h10-11,15H,6-9,12-14H2,1-5H3,(H,22,28). The third kappa shape index (κ3) is 5.32. The minimum Gasteiger partial charge on any atom is -0.352 e. The quantitative estimate of drug-likeness (QED) is 0.637. The van der Waals surface area contributed by atoms with E-state index in [0.717, 1.165) is 49.4 Å². The van der Waals surface area contributed by atoms with Crippen molar-refractivity contribution in [2.24, 2.45) is 0 Å². The molecule has 0 unspecified atom stereocenters. The number of fused-ring (bicyclic) bond motifs is 1. The maximum Gasteiger partial charge on any atom is 0.252 e. The van der Waals surface area contributed by atoms with E-state index in [0.29, 0.717) is 18.7 Å². The lowest BCUT2D eigenvalue weighted by Crippen LogP contribution is -2.31. The van der Waals surface area contributed by atoms with E-state index in [1.807, 2.05) is 31.5 Å². The molecular formula is C21H33N5O2. The Bertz CT molecular complexity index is 812. The number of carbonyl (C=O) groups excluding carboxylic acids is 2. The van der Waals surface area contributed by atoms with Gasteiger partial charge in [-0.05, 0) is 52.0 Å². The molecule has 0 aromatic carbocycles. The average Bonchev–Trinajstić information content (AvgIpc) is 3.02. The molecule has 0 aliphatic heterocycles. The van der Waals surface area contributed by atoms with Gasteiger partial charge in [-0.2, -0.15) is 0 Å². The van der Waals surface area contributed by atoms with E-state index in [2.05, 4.69) is 22.1 Å². The molecule has 7 heteroatoms. The van der Waals surface area contributed by atoms with Crippen molar-refractivity contribution in [3.63, 3.8) is 0 Å². The molecule has 0 saturated heterocycles. The van der Waals surface area contributed by atoms with Crippen molar-refractivity contribution in [2.75, 3.05) is 38.6 Å². The number of carbonyl (C=O) groups is 2. The largest absolute Gasteiger partial charge is 0.352 e. The molecule has 28 heavy (non-hydrogen) atoms. The molecule has 2 rings (SSSR count). The maximum absolute atomic E-state index is 12.6. The lowest BCUT2D eigenvalue weighted by molar-refractivity contribution is -0.116. The second-order valence-corrected chi connectivity index (χ2v) is 7.32. The Morgan fingerprint density at radius 1 is 1.14 bits per heavy atom. The zero-order valence-corrected chi connectivity index (χ0v) is 17.8. The van der Waals surface area contributed by atoms with Gasteiger partial charge < -0.3 is 10.2 Å². The van der Waals surface area contributed by atoms with Crippen molar-refractivity contribution in [3.8, 4) is 0 Å². The van der Waals surface area contributed by atoms with Crippen LogP contribution in [0.25, 0.3) is 5.65 Å². The number of hydrogen-bond donors (Lipinski definition) is 1. The van der Waals surface area contributed by atoms with Crippen LogP contribution in [0.3, 0.4) is 0 Å². The predicted molar refractivity (Wildman–Crippen MR) is 113 cm³/mol. The van der Waals surface area contributed by atoms with Crippen LogP contribution < -0.4 is 10.2 Å². The normalized spacial score (nSPS) is 11.2. The molecule has 2 heterocycles. The first-order valence-corrected chi connectivity index (χ1v) is 10.1. The van der Waals surface area contributed by atoms with Crippen molar-refractivity contribution >= 4 is 23.3 Å². The summed E-state index contributed by atoms with van der Waals surface area (Å²) >= 11 is 0. The van der Waals surface area contributed by atoms with Crippen molar-refractivity contribution in [1.82, 2.24) is 19.6 Å². The second-order valence-electron chi connectivity index (χ2n) is 7.32. The van der Waals surface area contributed by atoms with Gasteiger partial charge in [0.05, 0.1) is 11.3 Å². The number of nitrogens with zero attached hydrogens (tertiary/aromatic N) is 4. The van der Waals surface area contributed by atoms with Crippen LogP contribution in [0.2, 0.25) is 0 Å². The Kier molecular flexibility index (Phi) is 7.99. The van der Waals surface area contributed by atoms with Crippen LogP contribution in [0.4, 0.5) is 5.82 Å². The lowest BCUT2D eigenvalue weighted by Gasteiger charge is -2.21. The summed E-state index contributed by atoms with van der Waals surface area (Å²) in [4.78, 5) is 33.4. The van der Waals surface area contributed by atoms with Gasteiger partial charge in [0.2, 0.25) is 5.91 Å². The molecular weight excluding hydrogens is 354 g/mol. The van der Waals surface area contributed by atoms with Gasteiger partial charge in [-0.1, -0.05) is 20.3 Å². The minimum atomic E-state index is -0.110. The topological polar surface area (TPSA) is 70.0 Å². The van der Waals surface area contributed by atoms with E-state index in [1.54, 1.807) is 24.1 Å². The smallest absolute Gasteiger partial charge is 0.252 e. The van der Waals surface area contributed by atoms with Crippen LogP contribution in [0.15, 0.2) is 18.3 Å². The minimum absolute atomic E-state index is 0.0107. The van der Waals surface area contributed by atoms with Gasteiger partial charge in [-0.15, -0.1) is 0 Å². The van der Waals surface area contributed by atoms with Gasteiger partial charge in [-0.3, -0.25) is 18.9 Å². The molecule has 1 N–H and O–H groups in total. The number of pyridine rings is 1. The summed E-state index contributed by atoms with van der Waals surface area (Å²) in [5.41, 5.74) is 2.19. The summed E-state index contributed by atoms with van der Waals surface area (Å²) < 4.78 is 1.88. The van der Waals surface area contributed by atoms with Crippen molar-refractivity contribution in [3.05, 3.63) is 29.6 Å². The molecule has 0 saturated carbocycles. The van der Waals surface area contributed by atoms with Crippen LogP contribution in [-0.4, -0.2) is 59.8 Å². The van der Waals surface area contributed by atoms with E-state index in [1.165, 1.54) is 0 Å². The Morgan fingerprint density at radius 2 is 1.89 bits per heavy atom. The highest BCUT2D eigenvalue weighted by Crippen LogP contribution is 2.25. The highest BCUT2D eigenvalue weighted by atomic mass is 16.2.